The van der Waals surface area contributed by atoms with Gasteiger partial charge < -0.3 is 4.74 Å². The average molecular weight is 350 g/mol. The number of sulfonamides is 1. The number of nitrogens with one attached hydrogen (secondary N) is 1. The minimum absolute atomic E-state index is 0.259. The Balaban J connectivity index is 1.75. The van der Waals surface area contributed by atoms with Crippen LogP contribution in [0.25, 0.3) is 0 Å². The van der Waals surface area contributed by atoms with Gasteiger partial charge in [0.1, 0.15) is 0 Å². The summed E-state index contributed by atoms with van der Waals surface area (Å²) in [5, 5.41) is 4.37. The van der Waals surface area contributed by atoms with E-state index in [4.69, 9.17) is 4.74 Å². The molecular formula is C18H26N2O3S. The zero-order valence-corrected chi connectivity index (χ0v) is 15.2. The molecule has 2 fully saturated rings. The summed E-state index contributed by atoms with van der Waals surface area (Å²) < 4.78 is 30.4. The van der Waals surface area contributed by atoms with E-state index in [0.717, 1.165) is 49.8 Å². The van der Waals surface area contributed by atoms with Crippen molar-refractivity contribution in [1.82, 2.24) is 4.83 Å². The Kier molecular flexibility index (Phi) is 5.25. The minimum Gasteiger partial charge on any atom is -0.381 e. The van der Waals surface area contributed by atoms with Crippen LogP contribution in [0.4, 0.5) is 0 Å². The Bertz CT molecular complexity index is 679. The number of aryl methyl sites for hydroxylation is 1. The van der Waals surface area contributed by atoms with Crippen LogP contribution in [0, 0.1) is 18.8 Å². The van der Waals surface area contributed by atoms with Gasteiger partial charge in [0.25, 0.3) is 10.0 Å². The van der Waals surface area contributed by atoms with Crippen LogP contribution in [0.15, 0.2) is 34.3 Å². The monoisotopic (exact) mass is 350 g/mol. The highest BCUT2D eigenvalue weighted by molar-refractivity contribution is 7.89. The summed E-state index contributed by atoms with van der Waals surface area (Å²) in [5.74, 6) is 0.766. The van der Waals surface area contributed by atoms with Gasteiger partial charge in [-0.3, -0.25) is 0 Å². The molecule has 2 bridgehead atoms. The second-order valence-corrected chi connectivity index (χ2v) is 8.59. The van der Waals surface area contributed by atoms with E-state index in [2.05, 4.69) is 9.93 Å². The first-order valence-electron chi connectivity index (χ1n) is 8.68. The summed E-state index contributed by atoms with van der Waals surface area (Å²) in [7, 11) is -1.82. The Morgan fingerprint density at radius 2 is 1.54 bits per heavy atom. The van der Waals surface area contributed by atoms with Gasteiger partial charge in [0.2, 0.25) is 0 Å². The lowest BCUT2D eigenvalue weighted by atomic mass is 9.88. The Morgan fingerprint density at radius 3 is 2.08 bits per heavy atom. The van der Waals surface area contributed by atoms with Crippen LogP contribution in [-0.4, -0.2) is 27.3 Å². The molecule has 0 spiro atoms. The van der Waals surface area contributed by atoms with Crippen molar-refractivity contribution >= 4 is 15.7 Å². The summed E-state index contributed by atoms with van der Waals surface area (Å²) in [6.07, 6.45) is 6.65. The molecule has 0 heterocycles. The van der Waals surface area contributed by atoms with Gasteiger partial charge in [-0.15, -0.1) is 0 Å². The van der Waals surface area contributed by atoms with Crippen molar-refractivity contribution in [2.75, 3.05) is 7.11 Å². The van der Waals surface area contributed by atoms with Gasteiger partial charge >= 0.3 is 0 Å². The van der Waals surface area contributed by atoms with E-state index >= 15 is 0 Å². The van der Waals surface area contributed by atoms with Crippen molar-refractivity contribution < 1.29 is 13.2 Å². The predicted molar refractivity (Wildman–Crippen MR) is 94.4 cm³/mol. The quantitative estimate of drug-likeness (QED) is 0.848. The highest BCUT2D eigenvalue weighted by atomic mass is 32.2. The summed E-state index contributed by atoms with van der Waals surface area (Å²) in [6, 6.07) is 6.83. The maximum Gasteiger partial charge on any atom is 0.276 e. The summed E-state index contributed by atoms with van der Waals surface area (Å²) >= 11 is 0. The summed E-state index contributed by atoms with van der Waals surface area (Å²) in [4.78, 5) is 2.73. The first-order valence-corrected chi connectivity index (χ1v) is 10.2. The van der Waals surface area contributed by atoms with Crippen molar-refractivity contribution in [3.63, 3.8) is 0 Å². The van der Waals surface area contributed by atoms with Crippen LogP contribution in [0.1, 0.15) is 44.1 Å². The molecule has 0 radical (unpaired) electrons. The molecule has 3 atom stereocenters. The number of fused-ring (bicyclic) bond motifs is 2. The number of methoxy groups -OCH3 is 1. The van der Waals surface area contributed by atoms with Crippen molar-refractivity contribution in [2.45, 2.75) is 56.4 Å². The van der Waals surface area contributed by atoms with Crippen LogP contribution in [0.5, 0.6) is 0 Å². The fourth-order valence-electron chi connectivity index (χ4n) is 3.84. The number of nitrogens with zero attached hydrogens (tertiary/aromatic N) is 1. The molecule has 5 nitrogen and oxygen atoms in total. The number of hydrazone groups is 1. The van der Waals surface area contributed by atoms with E-state index in [1.54, 1.807) is 31.4 Å². The number of hydrogen-bond acceptors (Lipinski definition) is 4. The first kappa shape index (κ1) is 17.4. The van der Waals surface area contributed by atoms with E-state index in [-0.39, 0.29) is 4.90 Å². The average Bonchev–Trinajstić information content (AvgIpc) is 2.98. The predicted octanol–water partition coefficient (Wildman–Crippen LogP) is 3.24. The van der Waals surface area contributed by atoms with Crippen LogP contribution in [0.3, 0.4) is 0 Å². The van der Waals surface area contributed by atoms with Gasteiger partial charge in [-0.1, -0.05) is 17.7 Å². The molecule has 2 saturated carbocycles. The van der Waals surface area contributed by atoms with Gasteiger partial charge in [0.15, 0.2) is 0 Å². The van der Waals surface area contributed by atoms with Crippen molar-refractivity contribution in [3.05, 3.63) is 29.8 Å². The molecule has 6 heteroatoms. The molecular weight excluding hydrogens is 324 g/mol. The van der Waals surface area contributed by atoms with Crippen LogP contribution >= 0.6 is 0 Å². The summed E-state index contributed by atoms with van der Waals surface area (Å²) in [6.45, 7) is 1.93. The number of ether oxygens (including phenoxy) is 1. The zero-order chi connectivity index (χ0) is 17.2. The van der Waals surface area contributed by atoms with Crippen LogP contribution in [0.2, 0.25) is 0 Å². The van der Waals surface area contributed by atoms with Gasteiger partial charge in [-0.25, -0.2) is 4.83 Å². The topological polar surface area (TPSA) is 67.8 Å². The molecule has 0 aliphatic heterocycles. The lowest BCUT2D eigenvalue weighted by Gasteiger charge is -2.24. The Morgan fingerprint density at radius 1 is 1.00 bits per heavy atom. The lowest BCUT2D eigenvalue weighted by Crippen LogP contribution is -2.27. The summed E-state index contributed by atoms with van der Waals surface area (Å²) in [5.41, 5.74) is 2.08. The molecule has 0 amide bonds. The molecule has 2 aliphatic carbocycles. The maximum atomic E-state index is 12.4. The van der Waals surface area contributed by atoms with E-state index in [0.29, 0.717) is 17.9 Å². The molecule has 1 N–H and O–H groups in total. The molecule has 3 rings (SSSR count). The number of benzene rings is 1. The second-order valence-electron chi connectivity index (χ2n) is 6.93. The Hall–Kier alpha value is -1.40. The van der Waals surface area contributed by atoms with Gasteiger partial charge in [-0.2, -0.15) is 13.5 Å². The van der Waals surface area contributed by atoms with Gasteiger partial charge in [0.05, 0.1) is 11.0 Å². The largest absolute Gasteiger partial charge is 0.381 e. The SMILES string of the molecule is COC1CC[C@@H]2CC[C@H](CC1)C2=NNS(=O)(=O)c1ccc(C)cc1. The third kappa shape index (κ3) is 3.81. The van der Waals surface area contributed by atoms with Gasteiger partial charge in [0, 0.05) is 12.8 Å². The molecule has 1 aromatic carbocycles. The van der Waals surface area contributed by atoms with Gasteiger partial charge in [-0.05, 0) is 69.4 Å². The fraction of sp³-hybridized carbons (Fsp3) is 0.611. The number of rotatable bonds is 4. The third-order valence-electron chi connectivity index (χ3n) is 5.33. The lowest BCUT2D eigenvalue weighted by molar-refractivity contribution is 0.0801. The minimum atomic E-state index is -3.59. The highest BCUT2D eigenvalue weighted by Gasteiger charge is 2.35. The maximum absolute atomic E-state index is 12.4. The van der Waals surface area contributed by atoms with Crippen molar-refractivity contribution in [2.24, 2.45) is 16.9 Å². The van der Waals surface area contributed by atoms with Crippen LogP contribution < -0.4 is 4.83 Å². The Labute approximate surface area is 144 Å². The normalized spacial score (nSPS) is 29.2. The molecule has 1 unspecified atom stereocenters. The van der Waals surface area contributed by atoms with E-state index in [1.807, 2.05) is 6.92 Å². The van der Waals surface area contributed by atoms with E-state index in [1.165, 1.54) is 0 Å². The highest BCUT2D eigenvalue weighted by Crippen LogP contribution is 2.38. The number of hydrogen-bond donors (Lipinski definition) is 1. The van der Waals surface area contributed by atoms with Crippen molar-refractivity contribution in [3.8, 4) is 0 Å². The fourth-order valence-corrected chi connectivity index (χ4v) is 4.66. The van der Waals surface area contributed by atoms with E-state index in [9.17, 15) is 8.42 Å². The zero-order valence-electron chi connectivity index (χ0n) is 14.4. The molecule has 0 aromatic heterocycles. The van der Waals surface area contributed by atoms with E-state index < -0.39 is 10.0 Å². The first-order chi connectivity index (χ1) is 11.5. The molecule has 24 heavy (non-hydrogen) atoms. The van der Waals surface area contributed by atoms with Crippen molar-refractivity contribution in [1.29, 1.82) is 0 Å². The molecule has 2 aliphatic rings. The second kappa shape index (κ2) is 7.23. The molecule has 132 valence electrons. The van der Waals surface area contributed by atoms with Crippen LogP contribution in [-0.2, 0) is 14.8 Å². The molecule has 0 saturated heterocycles. The standard InChI is InChI=1S/C18H26N2O3S/c1-13-3-11-17(12-4-13)24(21,22)20-19-18-14-5-6-15(18)8-10-16(23-2)9-7-14/h3-4,11-12,14-16,20H,5-10H2,1-2H3/t14-,15+,16?. The molecule has 1 aromatic rings. The third-order valence-corrected chi connectivity index (χ3v) is 6.56. The smallest absolute Gasteiger partial charge is 0.276 e.